The summed E-state index contributed by atoms with van der Waals surface area (Å²) >= 11 is 6.52. The predicted molar refractivity (Wildman–Crippen MR) is 123 cm³/mol. The van der Waals surface area contributed by atoms with E-state index in [4.69, 9.17) is 21.1 Å². The van der Waals surface area contributed by atoms with Gasteiger partial charge in [0.25, 0.3) is 0 Å². The maximum Gasteiger partial charge on any atom is 0.411 e. The van der Waals surface area contributed by atoms with Crippen LogP contribution in [0.1, 0.15) is 40.8 Å². The third-order valence-electron chi connectivity index (χ3n) is 6.11. The first kappa shape index (κ1) is 27.9. The first-order chi connectivity index (χ1) is 16.5. The van der Waals surface area contributed by atoms with Gasteiger partial charge in [-0.3, -0.25) is 0 Å². The number of alkyl halides is 3. The molecule has 0 aromatic heterocycles. The molecule has 4 N–H and O–H groups in total. The highest BCUT2D eigenvalue weighted by atomic mass is 35.5. The Labute approximate surface area is 206 Å². The summed E-state index contributed by atoms with van der Waals surface area (Å²) in [6.45, 7) is -0.217. The van der Waals surface area contributed by atoms with Crippen LogP contribution in [0.15, 0.2) is 36.4 Å². The molecule has 0 spiro atoms. The first-order valence-electron chi connectivity index (χ1n) is 11.4. The Kier molecular flexibility index (Phi) is 9.56. The molecule has 0 bridgehead atoms. The minimum absolute atomic E-state index is 0.0334. The lowest BCUT2D eigenvalue weighted by molar-refractivity contribution is -0.231. The van der Waals surface area contributed by atoms with E-state index < -0.39 is 49.9 Å². The van der Waals surface area contributed by atoms with Crippen LogP contribution in [-0.2, 0) is 28.7 Å². The van der Waals surface area contributed by atoms with Crippen molar-refractivity contribution in [2.45, 2.75) is 62.9 Å². The van der Waals surface area contributed by atoms with Crippen LogP contribution >= 0.6 is 11.6 Å². The van der Waals surface area contributed by atoms with Crippen LogP contribution in [0.25, 0.3) is 0 Å². The van der Waals surface area contributed by atoms with E-state index in [-0.39, 0.29) is 13.0 Å². The fourth-order valence-corrected chi connectivity index (χ4v) is 4.39. The van der Waals surface area contributed by atoms with Crippen molar-refractivity contribution < 1.29 is 43.1 Å². The molecule has 3 rings (SSSR count). The third-order valence-corrected chi connectivity index (χ3v) is 6.47. The fourth-order valence-electron chi connectivity index (χ4n) is 4.14. The van der Waals surface area contributed by atoms with Gasteiger partial charge in [0.15, 0.2) is 0 Å². The lowest BCUT2D eigenvalue weighted by Gasteiger charge is -2.41. The summed E-state index contributed by atoms with van der Waals surface area (Å²) in [5, 5.41) is 41.0. The van der Waals surface area contributed by atoms with Crippen molar-refractivity contribution in [3.8, 4) is 0 Å². The molecule has 0 radical (unpaired) electrons. The summed E-state index contributed by atoms with van der Waals surface area (Å²) in [6, 6.07) is 11.2. The van der Waals surface area contributed by atoms with E-state index in [1.165, 1.54) is 5.56 Å². The average Bonchev–Trinajstić information content (AvgIpc) is 2.82. The number of hydrogen-bond acceptors (Lipinski definition) is 6. The first-order valence-corrected chi connectivity index (χ1v) is 11.8. The molecule has 35 heavy (non-hydrogen) atoms. The van der Waals surface area contributed by atoms with Crippen molar-refractivity contribution in [2.75, 3.05) is 19.8 Å². The van der Waals surface area contributed by atoms with Gasteiger partial charge in [-0.1, -0.05) is 48.9 Å². The van der Waals surface area contributed by atoms with Crippen LogP contribution in [0.2, 0.25) is 5.02 Å². The Bertz CT molecular complexity index is 967. The Morgan fingerprint density at radius 1 is 0.971 bits per heavy atom. The molecule has 0 unspecified atom stereocenters. The largest absolute Gasteiger partial charge is 0.411 e. The highest BCUT2D eigenvalue weighted by molar-refractivity contribution is 6.31. The zero-order valence-corrected chi connectivity index (χ0v) is 20.0. The second kappa shape index (κ2) is 12.0. The van der Waals surface area contributed by atoms with Gasteiger partial charge >= 0.3 is 6.18 Å². The molecule has 1 aliphatic heterocycles. The molecular weight excluding hydrogens is 489 g/mol. The Morgan fingerprint density at radius 2 is 1.63 bits per heavy atom. The van der Waals surface area contributed by atoms with Crippen molar-refractivity contribution in [1.29, 1.82) is 0 Å². The number of aliphatic hydroxyl groups excluding tert-OH is 4. The molecule has 1 saturated heterocycles. The van der Waals surface area contributed by atoms with Crippen LogP contribution in [0.3, 0.4) is 0 Å². The van der Waals surface area contributed by atoms with E-state index in [2.05, 4.69) is 6.92 Å². The number of rotatable bonds is 9. The van der Waals surface area contributed by atoms with Crippen molar-refractivity contribution in [3.63, 3.8) is 0 Å². The number of ether oxygens (including phenoxy) is 2. The van der Waals surface area contributed by atoms with E-state index >= 15 is 0 Å². The van der Waals surface area contributed by atoms with Crippen LogP contribution in [0.4, 0.5) is 13.2 Å². The molecule has 0 amide bonds. The Balaban J connectivity index is 1.93. The molecule has 1 aliphatic rings. The van der Waals surface area contributed by atoms with Gasteiger partial charge in [-0.2, -0.15) is 13.2 Å². The number of benzene rings is 2. The van der Waals surface area contributed by atoms with Gasteiger partial charge in [0.1, 0.15) is 37.1 Å². The van der Waals surface area contributed by atoms with E-state index in [1.54, 1.807) is 12.1 Å². The molecule has 10 heteroatoms. The minimum Gasteiger partial charge on any atom is -0.394 e. The van der Waals surface area contributed by atoms with Gasteiger partial charge in [0.2, 0.25) is 0 Å². The zero-order valence-electron chi connectivity index (χ0n) is 19.2. The number of aliphatic hydroxyl groups is 4. The topological polar surface area (TPSA) is 99.4 Å². The molecule has 2 aromatic carbocycles. The van der Waals surface area contributed by atoms with Crippen LogP contribution in [0.5, 0.6) is 0 Å². The molecule has 2 aromatic rings. The van der Waals surface area contributed by atoms with Crippen LogP contribution in [-0.4, -0.2) is 70.8 Å². The SMILES string of the molecule is CCc1ccc(Cc2cc([C@@H]3O[C@H](CO)[C@@H](O)[C@H](O)[C@H]3O)c(CCOCC(F)(F)F)cc2Cl)cc1. The Hall–Kier alpha value is -1.72. The van der Waals surface area contributed by atoms with Crippen LogP contribution < -0.4 is 0 Å². The second-order valence-corrected chi connectivity index (χ2v) is 9.06. The lowest BCUT2D eigenvalue weighted by atomic mass is 9.87. The normalized spacial score (nSPS) is 25.1. The van der Waals surface area contributed by atoms with Crippen LogP contribution in [0, 0.1) is 0 Å². The number of aryl methyl sites for hydroxylation is 1. The summed E-state index contributed by atoms with van der Waals surface area (Å²) in [4.78, 5) is 0. The summed E-state index contributed by atoms with van der Waals surface area (Å²) in [5.74, 6) is 0. The maximum absolute atomic E-state index is 12.5. The van der Waals surface area contributed by atoms with E-state index in [0.717, 1.165) is 12.0 Å². The maximum atomic E-state index is 12.5. The second-order valence-electron chi connectivity index (χ2n) is 8.66. The molecular formula is C25H30ClF3O6. The van der Waals surface area contributed by atoms with E-state index in [1.807, 2.05) is 24.3 Å². The minimum atomic E-state index is -4.46. The van der Waals surface area contributed by atoms with E-state index in [9.17, 15) is 33.6 Å². The average molecular weight is 519 g/mol. The molecule has 0 saturated carbocycles. The standard InChI is InChI=1S/C25H30ClF3O6/c1-2-14-3-5-15(6-4-14)9-17-10-18(24-23(33)22(32)21(31)20(12-30)35-24)16(11-19(17)26)7-8-34-13-25(27,28)29/h3-6,10-11,20-24,30-33H,2,7-9,12-13H2,1H3/t20-,21-,22+,23-,24+/m1/s1. The van der Waals surface area contributed by atoms with Crippen molar-refractivity contribution in [1.82, 2.24) is 0 Å². The number of halogens is 4. The van der Waals surface area contributed by atoms with Gasteiger partial charge < -0.3 is 29.9 Å². The molecule has 6 nitrogen and oxygen atoms in total. The molecule has 194 valence electrons. The van der Waals surface area contributed by atoms with Gasteiger partial charge in [-0.05, 0) is 53.1 Å². The predicted octanol–water partition coefficient (Wildman–Crippen LogP) is 3.13. The van der Waals surface area contributed by atoms with Crippen molar-refractivity contribution in [3.05, 3.63) is 69.2 Å². The number of hydrogen-bond donors (Lipinski definition) is 4. The molecule has 5 atom stereocenters. The lowest BCUT2D eigenvalue weighted by Crippen LogP contribution is -2.55. The van der Waals surface area contributed by atoms with Crippen molar-refractivity contribution >= 4 is 11.6 Å². The molecule has 1 heterocycles. The summed E-state index contributed by atoms with van der Waals surface area (Å²) in [5.41, 5.74) is 3.69. The summed E-state index contributed by atoms with van der Waals surface area (Å²) in [6.07, 6.45) is -10.0. The van der Waals surface area contributed by atoms with Gasteiger partial charge in [0.05, 0.1) is 13.2 Å². The van der Waals surface area contributed by atoms with Gasteiger partial charge in [0, 0.05) is 5.02 Å². The highest BCUT2D eigenvalue weighted by Gasteiger charge is 2.44. The summed E-state index contributed by atoms with van der Waals surface area (Å²) in [7, 11) is 0. The molecule has 1 fully saturated rings. The Morgan fingerprint density at radius 3 is 2.23 bits per heavy atom. The molecule has 0 aliphatic carbocycles. The fraction of sp³-hybridized carbons (Fsp3) is 0.520. The highest BCUT2D eigenvalue weighted by Crippen LogP contribution is 2.37. The quantitative estimate of drug-likeness (QED) is 0.381. The summed E-state index contributed by atoms with van der Waals surface area (Å²) < 4.78 is 47.8. The smallest absolute Gasteiger partial charge is 0.394 e. The van der Waals surface area contributed by atoms with Gasteiger partial charge in [-0.15, -0.1) is 0 Å². The zero-order chi connectivity index (χ0) is 25.8. The third kappa shape index (κ3) is 7.16. The van der Waals surface area contributed by atoms with E-state index in [0.29, 0.717) is 28.1 Å². The monoisotopic (exact) mass is 518 g/mol. The van der Waals surface area contributed by atoms with Gasteiger partial charge in [-0.25, -0.2) is 0 Å². The van der Waals surface area contributed by atoms with Crippen molar-refractivity contribution in [2.24, 2.45) is 0 Å².